The molecule has 0 saturated carbocycles. The van der Waals surface area contributed by atoms with Crippen molar-refractivity contribution in [3.05, 3.63) is 34.3 Å². The van der Waals surface area contributed by atoms with E-state index in [1.54, 1.807) is 0 Å². The summed E-state index contributed by atoms with van der Waals surface area (Å²) in [6, 6.07) is 3.48. The van der Waals surface area contributed by atoms with E-state index in [4.69, 9.17) is 16.9 Å². The molecule has 2 nitrogen and oxygen atoms in total. The Morgan fingerprint density at radius 2 is 2.00 bits per heavy atom. The first-order chi connectivity index (χ1) is 6.86. The molecule has 1 rings (SSSR count). The van der Waals surface area contributed by atoms with Gasteiger partial charge in [0, 0.05) is 0 Å². The lowest BCUT2D eigenvalue weighted by molar-refractivity contribution is -0.137. The Balaban J connectivity index is 3.22. The predicted molar refractivity (Wildman–Crippen MR) is 46.4 cm³/mol. The Kier molecular flexibility index (Phi) is 3.01. The molecule has 0 radical (unpaired) electrons. The molecule has 0 aliphatic heterocycles. The summed E-state index contributed by atoms with van der Waals surface area (Å²) in [5.41, 5.74) is -1.19. The number of hydrogen-bond donors (Lipinski definition) is 0. The molecule has 0 atom stereocenters. The van der Waals surface area contributed by atoms with Crippen LogP contribution in [0.4, 0.5) is 13.2 Å². The van der Waals surface area contributed by atoms with Crippen molar-refractivity contribution < 1.29 is 18.0 Å². The van der Waals surface area contributed by atoms with Crippen LogP contribution in [0.5, 0.6) is 0 Å². The number of benzene rings is 1. The van der Waals surface area contributed by atoms with Crippen LogP contribution in [0, 0.1) is 11.3 Å². The summed E-state index contributed by atoms with van der Waals surface area (Å²) in [5.74, 6) is -0.964. The Bertz CT molecular complexity index is 448. The molecule has 15 heavy (non-hydrogen) atoms. The van der Waals surface area contributed by atoms with Crippen molar-refractivity contribution in [2.75, 3.05) is 0 Å². The molecule has 1 aromatic carbocycles. The monoisotopic (exact) mass is 233 g/mol. The van der Waals surface area contributed by atoms with Crippen molar-refractivity contribution in [2.45, 2.75) is 6.18 Å². The smallest absolute Gasteiger partial charge is 0.277 e. The Morgan fingerprint density at radius 1 is 1.40 bits per heavy atom. The maximum atomic E-state index is 12.2. The van der Waals surface area contributed by atoms with Crippen LogP contribution in [0.15, 0.2) is 18.2 Å². The van der Waals surface area contributed by atoms with Crippen LogP contribution >= 0.6 is 11.6 Å². The van der Waals surface area contributed by atoms with Gasteiger partial charge >= 0.3 is 6.18 Å². The van der Waals surface area contributed by atoms with E-state index in [1.165, 1.54) is 6.07 Å². The first kappa shape index (κ1) is 11.5. The van der Waals surface area contributed by atoms with Gasteiger partial charge in [-0.1, -0.05) is 11.6 Å². The van der Waals surface area contributed by atoms with Crippen LogP contribution in [-0.2, 0) is 6.18 Å². The minimum atomic E-state index is -4.52. The summed E-state index contributed by atoms with van der Waals surface area (Å²) >= 11 is 5.44. The van der Waals surface area contributed by atoms with Gasteiger partial charge in [0.05, 0.1) is 16.1 Å². The summed E-state index contributed by atoms with van der Waals surface area (Å²) in [6.07, 6.45) is -4.52. The van der Waals surface area contributed by atoms with Crippen molar-refractivity contribution >= 4 is 17.4 Å². The fourth-order valence-electron chi connectivity index (χ4n) is 0.936. The topological polar surface area (TPSA) is 40.9 Å². The molecule has 0 bridgehead atoms. The molecule has 1 aromatic rings. The van der Waals surface area contributed by atoms with Gasteiger partial charge in [0.25, 0.3) is 5.78 Å². The van der Waals surface area contributed by atoms with Crippen LogP contribution in [0.25, 0.3) is 0 Å². The predicted octanol–water partition coefficient (Wildman–Crippen LogP) is 3.07. The van der Waals surface area contributed by atoms with E-state index >= 15 is 0 Å². The third kappa shape index (κ3) is 2.48. The maximum absolute atomic E-state index is 12.2. The van der Waals surface area contributed by atoms with E-state index in [0.717, 1.165) is 6.07 Å². The van der Waals surface area contributed by atoms with Crippen LogP contribution < -0.4 is 0 Å². The third-order valence-corrected chi connectivity index (χ3v) is 1.96. The minimum absolute atomic E-state index is 0.229. The molecule has 0 spiro atoms. The number of halogens is 4. The fourth-order valence-corrected chi connectivity index (χ4v) is 1.20. The van der Waals surface area contributed by atoms with Crippen molar-refractivity contribution in [3.63, 3.8) is 0 Å². The lowest BCUT2D eigenvalue weighted by Crippen LogP contribution is -2.06. The summed E-state index contributed by atoms with van der Waals surface area (Å²) in [6.45, 7) is 0. The first-order valence-electron chi connectivity index (χ1n) is 3.67. The van der Waals surface area contributed by atoms with Crippen molar-refractivity contribution in [1.82, 2.24) is 0 Å². The number of nitrogens with zero attached hydrogens (tertiary/aromatic N) is 1. The van der Waals surface area contributed by atoms with Crippen LogP contribution in [0.3, 0.4) is 0 Å². The van der Waals surface area contributed by atoms with Crippen molar-refractivity contribution in [2.24, 2.45) is 0 Å². The second-order valence-electron chi connectivity index (χ2n) is 2.63. The number of nitriles is 1. The Morgan fingerprint density at radius 3 is 2.40 bits per heavy atom. The molecule has 0 fully saturated rings. The standard InChI is InChI=1S/C9H3ClF3NO/c10-7-3-5(9(11,12)13)1-2-6(7)8(15)4-14/h1-3H. The second-order valence-corrected chi connectivity index (χ2v) is 3.04. The fraction of sp³-hybridized carbons (Fsp3) is 0.111. The average molecular weight is 234 g/mol. The number of alkyl halides is 3. The van der Waals surface area contributed by atoms with Gasteiger partial charge in [-0.05, 0) is 18.2 Å². The molecular weight excluding hydrogens is 231 g/mol. The summed E-state index contributed by atoms with van der Waals surface area (Å²) in [5, 5.41) is 7.88. The lowest BCUT2D eigenvalue weighted by Gasteiger charge is -2.07. The number of hydrogen-bond acceptors (Lipinski definition) is 2. The highest BCUT2D eigenvalue weighted by Crippen LogP contribution is 2.32. The van der Waals surface area contributed by atoms with Gasteiger partial charge in [-0.25, -0.2) is 0 Å². The SMILES string of the molecule is N#CC(=O)c1ccc(C(F)(F)F)cc1Cl. The van der Waals surface area contributed by atoms with E-state index in [9.17, 15) is 18.0 Å². The van der Waals surface area contributed by atoms with E-state index in [-0.39, 0.29) is 10.6 Å². The number of carbonyl (C=O) groups excluding carboxylic acids is 1. The van der Waals surface area contributed by atoms with E-state index in [2.05, 4.69) is 0 Å². The lowest BCUT2D eigenvalue weighted by atomic mass is 10.1. The number of Topliss-reactive ketones (excluding diaryl/α,β-unsaturated/α-hetero) is 1. The van der Waals surface area contributed by atoms with E-state index in [1.807, 2.05) is 0 Å². The van der Waals surface area contributed by atoms with Gasteiger partial charge in [0.1, 0.15) is 6.07 Å². The Labute approximate surface area is 87.9 Å². The highest BCUT2D eigenvalue weighted by molar-refractivity contribution is 6.34. The number of ketones is 1. The van der Waals surface area contributed by atoms with Crippen LogP contribution in [-0.4, -0.2) is 5.78 Å². The largest absolute Gasteiger partial charge is 0.416 e. The maximum Gasteiger partial charge on any atom is 0.416 e. The zero-order valence-corrected chi connectivity index (χ0v) is 7.86. The van der Waals surface area contributed by atoms with Crippen molar-refractivity contribution in [1.29, 1.82) is 5.26 Å². The highest BCUT2D eigenvalue weighted by Gasteiger charge is 2.31. The molecule has 0 N–H and O–H groups in total. The van der Waals surface area contributed by atoms with Gasteiger partial charge in [0.15, 0.2) is 0 Å². The zero-order valence-electron chi connectivity index (χ0n) is 7.10. The quantitative estimate of drug-likeness (QED) is 0.552. The summed E-state index contributed by atoms with van der Waals surface area (Å²) in [4.78, 5) is 10.9. The van der Waals surface area contributed by atoms with Crippen LogP contribution in [0.2, 0.25) is 5.02 Å². The summed E-state index contributed by atoms with van der Waals surface area (Å²) in [7, 11) is 0. The Hall–Kier alpha value is -1.54. The van der Waals surface area contributed by atoms with E-state index in [0.29, 0.717) is 12.1 Å². The molecule has 0 unspecified atom stereocenters. The molecule has 0 amide bonds. The van der Waals surface area contributed by atoms with E-state index < -0.39 is 17.5 Å². The van der Waals surface area contributed by atoms with Gasteiger partial charge in [-0.3, -0.25) is 4.79 Å². The normalized spacial score (nSPS) is 10.9. The van der Waals surface area contributed by atoms with Crippen molar-refractivity contribution in [3.8, 4) is 6.07 Å². The van der Waals surface area contributed by atoms with Gasteiger partial charge in [-0.2, -0.15) is 18.4 Å². The molecule has 0 heterocycles. The first-order valence-corrected chi connectivity index (χ1v) is 4.05. The van der Waals surface area contributed by atoms with Gasteiger partial charge in [-0.15, -0.1) is 0 Å². The highest BCUT2D eigenvalue weighted by atomic mass is 35.5. The second kappa shape index (κ2) is 3.91. The molecular formula is C9H3ClF3NO. The molecule has 6 heteroatoms. The molecule has 78 valence electrons. The molecule has 0 aromatic heterocycles. The van der Waals surface area contributed by atoms with Crippen LogP contribution in [0.1, 0.15) is 15.9 Å². The zero-order chi connectivity index (χ0) is 11.6. The third-order valence-electron chi connectivity index (χ3n) is 1.64. The molecule has 0 aliphatic rings. The average Bonchev–Trinajstić information content (AvgIpc) is 2.15. The molecule has 0 aliphatic carbocycles. The summed E-state index contributed by atoms with van der Waals surface area (Å²) < 4.78 is 36.5. The number of rotatable bonds is 1. The minimum Gasteiger partial charge on any atom is -0.277 e. The van der Waals surface area contributed by atoms with Gasteiger partial charge in [0.2, 0.25) is 0 Å². The van der Waals surface area contributed by atoms with Gasteiger partial charge < -0.3 is 0 Å². The molecule has 0 saturated heterocycles. The number of carbonyl (C=O) groups is 1.